The van der Waals surface area contributed by atoms with Crippen LogP contribution in [0.4, 0.5) is 5.69 Å². The summed E-state index contributed by atoms with van der Waals surface area (Å²) in [5.74, 6) is 2.11. The number of hydrogen-bond donors (Lipinski definition) is 1. The van der Waals surface area contributed by atoms with Gasteiger partial charge in [0, 0.05) is 16.7 Å². The molecule has 1 N–H and O–H groups in total. The summed E-state index contributed by atoms with van der Waals surface area (Å²) in [6, 6.07) is 17.0. The molecular weight excluding hydrogens is 477 g/mol. The van der Waals surface area contributed by atoms with Crippen molar-refractivity contribution in [2.24, 2.45) is 0 Å². The average Bonchev–Trinajstić information content (AvgIpc) is 2.74. The molecule has 0 aliphatic carbocycles. The Kier molecular flexibility index (Phi) is 7.53. The van der Waals surface area contributed by atoms with E-state index in [1.165, 1.54) is 0 Å². The smallest absolute Gasteiger partial charge is 0.162 e. The fourth-order valence-corrected chi connectivity index (χ4v) is 3.46. The Morgan fingerprint density at radius 1 is 0.862 bits per heavy atom. The van der Waals surface area contributed by atoms with Gasteiger partial charge in [-0.05, 0) is 59.7 Å². The van der Waals surface area contributed by atoms with Crippen LogP contribution in [0.1, 0.15) is 11.1 Å². The molecule has 3 aromatic rings. The number of rotatable bonds is 8. The molecule has 0 bridgehead atoms. The van der Waals surface area contributed by atoms with Gasteiger partial charge in [0.05, 0.1) is 24.3 Å². The second kappa shape index (κ2) is 10.1. The predicted molar refractivity (Wildman–Crippen MR) is 122 cm³/mol. The topological polar surface area (TPSA) is 39.7 Å². The van der Waals surface area contributed by atoms with Gasteiger partial charge in [-0.2, -0.15) is 0 Å². The first-order valence-electron chi connectivity index (χ1n) is 8.81. The van der Waals surface area contributed by atoms with Crippen LogP contribution in [0.15, 0.2) is 59.1 Å². The highest BCUT2D eigenvalue weighted by Crippen LogP contribution is 2.35. The van der Waals surface area contributed by atoms with Crippen LogP contribution < -0.4 is 19.5 Å². The van der Waals surface area contributed by atoms with Crippen molar-refractivity contribution in [2.45, 2.75) is 13.2 Å². The van der Waals surface area contributed by atoms with Gasteiger partial charge in [-0.15, -0.1) is 0 Å². The van der Waals surface area contributed by atoms with Crippen LogP contribution in [0.25, 0.3) is 0 Å². The fourth-order valence-electron chi connectivity index (χ4n) is 2.68. The summed E-state index contributed by atoms with van der Waals surface area (Å²) in [5.41, 5.74) is 2.96. The zero-order valence-corrected chi connectivity index (χ0v) is 19.1. The molecule has 0 unspecified atom stereocenters. The summed E-state index contributed by atoms with van der Waals surface area (Å²) < 4.78 is 17.6. The van der Waals surface area contributed by atoms with Gasteiger partial charge < -0.3 is 19.5 Å². The zero-order chi connectivity index (χ0) is 20.8. The van der Waals surface area contributed by atoms with E-state index in [1.54, 1.807) is 26.4 Å². The SMILES string of the molecule is COc1ccc(NCc2cc(OC)c(OCc3ccc(Cl)c(Cl)c3)cc2Br)cc1. The number of methoxy groups -OCH3 is 2. The van der Waals surface area contributed by atoms with Crippen molar-refractivity contribution in [1.29, 1.82) is 0 Å². The molecule has 3 aromatic carbocycles. The van der Waals surface area contributed by atoms with Crippen molar-refractivity contribution >= 4 is 44.8 Å². The van der Waals surface area contributed by atoms with Crippen LogP contribution in [0.3, 0.4) is 0 Å². The van der Waals surface area contributed by atoms with E-state index in [1.807, 2.05) is 42.5 Å². The summed E-state index contributed by atoms with van der Waals surface area (Å²) in [7, 11) is 3.27. The maximum atomic E-state index is 6.07. The van der Waals surface area contributed by atoms with E-state index in [4.69, 9.17) is 37.4 Å². The van der Waals surface area contributed by atoms with E-state index in [0.29, 0.717) is 34.7 Å². The Morgan fingerprint density at radius 2 is 1.62 bits per heavy atom. The second-order valence-corrected chi connectivity index (χ2v) is 7.88. The Hall–Kier alpha value is -2.08. The molecule has 4 nitrogen and oxygen atoms in total. The first kappa shape index (κ1) is 21.6. The maximum Gasteiger partial charge on any atom is 0.162 e. The zero-order valence-electron chi connectivity index (χ0n) is 16.0. The quantitative estimate of drug-likeness (QED) is 0.365. The number of nitrogens with one attached hydrogen (secondary N) is 1. The first-order chi connectivity index (χ1) is 14.0. The van der Waals surface area contributed by atoms with Crippen molar-refractivity contribution in [3.05, 3.63) is 80.2 Å². The third-order valence-electron chi connectivity index (χ3n) is 4.28. The van der Waals surface area contributed by atoms with Gasteiger partial charge in [0.15, 0.2) is 11.5 Å². The third-order valence-corrected chi connectivity index (χ3v) is 5.76. The highest BCUT2D eigenvalue weighted by atomic mass is 79.9. The molecule has 0 atom stereocenters. The summed E-state index contributed by atoms with van der Waals surface area (Å²) in [6.07, 6.45) is 0. The molecule has 0 heterocycles. The normalized spacial score (nSPS) is 10.5. The summed E-state index contributed by atoms with van der Waals surface area (Å²) in [5, 5.41) is 4.40. The maximum absolute atomic E-state index is 6.07. The Bertz CT molecular complexity index is 981. The Morgan fingerprint density at radius 3 is 2.28 bits per heavy atom. The van der Waals surface area contributed by atoms with E-state index >= 15 is 0 Å². The summed E-state index contributed by atoms with van der Waals surface area (Å²) >= 11 is 15.7. The van der Waals surface area contributed by atoms with Gasteiger partial charge in [-0.3, -0.25) is 0 Å². The van der Waals surface area contributed by atoms with Crippen LogP contribution in [0, 0.1) is 0 Å². The van der Waals surface area contributed by atoms with Crippen LogP contribution in [0.5, 0.6) is 17.2 Å². The minimum atomic E-state index is 0.350. The molecule has 3 rings (SSSR count). The predicted octanol–water partition coefficient (Wildman–Crippen LogP) is 6.96. The number of ether oxygens (including phenoxy) is 3. The Balaban J connectivity index is 1.69. The summed E-state index contributed by atoms with van der Waals surface area (Å²) in [4.78, 5) is 0. The molecule has 0 aliphatic rings. The largest absolute Gasteiger partial charge is 0.497 e. The lowest BCUT2D eigenvalue weighted by Gasteiger charge is -2.15. The Labute approximate surface area is 188 Å². The molecule has 0 saturated carbocycles. The standard InChI is InChI=1S/C22H20BrCl2NO3/c1-27-17-6-4-16(5-7-17)26-12-15-10-21(28-2)22(11-18(15)23)29-13-14-3-8-19(24)20(25)9-14/h3-11,26H,12-13H2,1-2H3. The van der Waals surface area contributed by atoms with Crippen LogP contribution >= 0.6 is 39.1 Å². The fraction of sp³-hybridized carbons (Fsp3) is 0.182. The van der Waals surface area contributed by atoms with Crippen LogP contribution in [-0.2, 0) is 13.2 Å². The van der Waals surface area contributed by atoms with Crippen LogP contribution in [-0.4, -0.2) is 14.2 Å². The lowest BCUT2D eigenvalue weighted by Crippen LogP contribution is -2.03. The molecule has 0 aromatic heterocycles. The first-order valence-corrected chi connectivity index (χ1v) is 10.4. The average molecular weight is 497 g/mol. The second-order valence-electron chi connectivity index (χ2n) is 6.21. The molecular formula is C22H20BrCl2NO3. The van der Waals surface area contributed by atoms with Crippen molar-refractivity contribution in [2.75, 3.05) is 19.5 Å². The third kappa shape index (κ3) is 5.72. The van der Waals surface area contributed by atoms with E-state index in [0.717, 1.165) is 27.0 Å². The number of halogens is 3. The van der Waals surface area contributed by atoms with Gasteiger partial charge in [-0.1, -0.05) is 45.2 Å². The van der Waals surface area contributed by atoms with Crippen molar-refractivity contribution in [1.82, 2.24) is 0 Å². The highest BCUT2D eigenvalue weighted by molar-refractivity contribution is 9.10. The molecule has 0 spiro atoms. The molecule has 0 amide bonds. The molecule has 0 aliphatic heterocycles. The van der Waals surface area contributed by atoms with Crippen molar-refractivity contribution in [3.63, 3.8) is 0 Å². The van der Waals surface area contributed by atoms with E-state index in [9.17, 15) is 0 Å². The van der Waals surface area contributed by atoms with Gasteiger partial charge >= 0.3 is 0 Å². The number of anilines is 1. The van der Waals surface area contributed by atoms with Gasteiger partial charge in [0.1, 0.15) is 12.4 Å². The highest BCUT2D eigenvalue weighted by Gasteiger charge is 2.11. The van der Waals surface area contributed by atoms with E-state index < -0.39 is 0 Å². The molecule has 0 radical (unpaired) electrons. The van der Waals surface area contributed by atoms with Crippen molar-refractivity contribution < 1.29 is 14.2 Å². The lowest BCUT2D eigenvalue weighted by atomic mass is 10.2. The van der Waals surface area contributed by atoms with Gasteiger partial charge in [-0.25, -0.2) is 0 Å². The van der Waals surface area contributed by atoms with Gasteiger partial charge in [0.2, 0.25) is 0 Å². The van der Waals surface area contributed by atoms with E-state index in [2.05, 4.69) is 21.2 Å². The molecule has 29 heavy (non-hydrogen) atoms. The summed E-state index contributed by atoms with van der Waals surface area (Å²) in [6.45, 7) is 0.972. The molecule has 0 saturated heterocycles. The molecule has 152 valence electrons. The minimum Gasteiger partial charge on any atom is -0.497 e. The van der Waals surface area contributed by atoms with Gasteiger partial charge in [0.25, 0.3) is 0 Å². The monoisotopic (exact) mass is 495 g/mol. The van der Waals surface area contributed by atoms with Crippen molar-refractivity contribution in [3.8, 4) is 17.2 Å². The number of hydrogen-bond acceptors (Lipinski definition) is 4. The minimum absolute atomic E-state index is 0.350. The van der Waals surface area contributed by atoms with E-state index in [-0.39, 0.29) is 0 Å². The lowest BCUT2D eigenvalue weighted by molar-refractivity contribution is 0.284. The number of benzene rings is 3. The van der Waals surface area contributed by atoms with Crippen LogP contribution in [0.2, 0.25) is 10.0 Å². The molecule has 0 fully saturated rings. The molecule has 7 heteroatoms.